The summed E-state index contributed by atoms with van der Waals surface area (Å²) in [6.07, 6.45) is 2.26. The fourth-order valence-corrected chi connectivity index (χ4v) is 4.39. The molecule has 34 heavy (non-hydrogen) atoms. The second-order valence-electron chi connectivity index (χ2n) is 10.1. The van der Waals surface area contributed by atoms with Gasteiger partial charge in [-0.15, -0.1) is 0 Å². The molecule has 0 saturated heterocycles. The number of carboxylic acids is 1. The summed E-state index contributed by atoms with van der Waals surface area (Å²) in [6, 6.07) is 6.26. The molecular weight excluding hydrogens is 454 g/mol. The number of rotatable bonds is 10. The molecule has 0 radical (unpaired) electrons. The van der Waals surface area contributed by atoms with Crippen LogP contribution in [0.3, 0.4) is 0 Å². The van der Waals surface area contributed by atoms with Crippen molar-refractivity contribution in [1.29, 1.82) is 0 Å². The molecule has 2 amide bonds. The largest absolute Gasteiger partial charge is 0.480 e. The molecule has 0 saturated carbocycles. The minimum Gasteiger partial charge on any atom is -0.480 e. The molecule has 0 spiro atoms. The highest BCUT2D eigenvalue weighted by Crippen LogP contribution is 2.25. The SMILES string of the molecule is CSCC[C@@H](NC(=O)C1Cc2ccccc2CN1CC(NC(=O)OC(C)(C)C)C(C)C)C(=O)O. The normalized spacial score (nSPS) is 18.0. The summed E-state index contributed by atoms with van der Waals surface area (Å²) in [5, 5.41) is 15.3. The zero-order valence-electron chi connectivity index (χ0n) is 21.1. The minimum atomic E-state index is -1.03. The molecule has 0 aliphatic carbocycles. The molecule has 1 aliphatic heterocycles. The van der Waals surface area contributed by atoms with E-state index in [0.717, 1.165) is 11.1 Å². The van der Waals surface area contributed by atoms with E-state index in [0.29, 0.717) is 31.7 Å². The molecule has 0 aromatic heterocycles. The minimum absolute atomic E-state index is 0.0988. The number of ether oxygens (including phenoxy) is 1. The number of nitrogens with zero attached hydrogens (tertiary/aromatic N) is 1. The zero-order chi connectivity index (χ0) is 25.5. The number of hydrogen-bond acceptors (Lipinski definition) is 6. The van der Waals surface area contributed by atoms with Crippen molar-refractivity contribution in [1.82, 2.24) is 15.5 Å². The van der Waals surface area contributed by atoms with Gasteiger partial charge in [-0.25, -0.2) is 9.59 Å². The fourth-order valence-electron chi connectivity index (χ4n) is 3.92. The topological polar surface area (TPSA) is 108 Å². The van der Waals surface area contributed by atoms with E-state index in [-0.39, 0.29) is 17.9 Å². The van der Waals surface area contributed by atoms with E-state index in [1.165, 1.54) is 0 Å². The quantitative estimate of drug-likeness (QED) is 0.459. The Kier molecular flexibility index (Phi) is 10.2. The monoisotopic (exact) mass is 493 g/mol. The van der Waals surface area contributed by atoms with Crippen molar-refractivity contribution in [2.45, 2.75) is 77.7 Å². The average Bonchev–Trinajstić information content (AvgIpc) is 2.73. The van der Waals surface area contributed by atoms with Crippen LogP contribution in [0.5, 0.6) is 0 Å². The molecule has 3 N–H and O–H groups in total. The van der Waals surface area contributed by atoms with Crippen LogP contribution in [0.1, 0.15) is 52.2 Å². The summed E-state index contributed by atoms with van der Waals surface area (Å²) in [6.45, 7) is 10.4. The Bertz CT molecular complexity index is 855. The Morgan fingerprint density at radius 2 is 1.82 bits per heavy atom. The van der Waals surface area contributed by atoms with E-state index >= 15 is 0 Å². The molecule has 0 bridgehead atoms. The lowest BCUT2D eigenvalue weighted by Gasteiger charge is -2.39. The molecule has 8 nitrogen and oxygen atoms in total. The van der Waals surface area contributed by atoms with Gasteiger partial charge in [0.25, 0.3) is 0 Å². The van der Waals surface area contributed by atoms with Crippen LogP contribution in [-0.2, 0) is 27.3 Å². The number of hydrogen-bond donors (Lipinski definition) is 3. The van der Waals surface area contributed by atoms with Gasteiger partial charge in [0.1, 0.15) is 11.6 Å². The van der Waals surface area contributed by atoms with Gasteiger partial charge in [-0.1, -0.05) is 38.1 Å². The van der Waals surface area contributed by atoms with Crippen molar-refractivity contribution in [3.63, 3.8) is 0 Å². The third-order valence-corrected chi connectivity index (χ3v) is 6.46. The highest BCUT2D eigenvalue weighted by molar-refractivity contribution is 7.98. The van der Waals surface area contributed by atoms with Gasteiger partial charge in [0.15, 0.2) is 0 Å². The van der Waals surface area contributed by atoms with E-state index in [4.69, 9.17) is 4.74 Å². The Morgan fingerprint density at radius 1 is 1.18 bits per heavy atom. The number of thioether (sulfide) groups is 1. The van der Waals surface area contributed by atoms with Crippen molar-refractivity contribution in [2.75, 3.05) is 18.6 Å². The fraction of sp³-hybridized carbons (Fsp3) is 0.640. The number of benzene rings is 1. The third kappa shape index (κ3) is 8.51. The first kappa shape index (κ1) is 28.0. The smallest absolute Gasteiger partial charge is 0.407 e. The van der Waals surface area contributed by atoms with Gasteiger partial charge in [0.2, 0.25) is 5.91 Å². The van der Waals surface area contributed by atoms with E-state index in [9.17, 15) is 19.5 Å². The van der Waals surface area contributed by atoms with Crippen LogP contribution in [0.2, 0.25) is 0 Å². The second kappa shape index (κ2) is 12.4. The van der Waals surface area contributed by atoms with Gasteiger partial charge < -0.3 is 20.5 Å². The van der Waals surface area contributed by atoms with Crippen LogP contribution >= 0.6 is 11.8 Å². The molecule has 9 heteroatoms. The molecule has 1 aromatic rings. The summed E-state index contributed by atoms with van der Waals surface area (Å²) in [5.41, 5.74) is 1.60. The highest BCUT2D eigenvalue weighted by Gasteiger charge is 2.35. The van der Waals surface area contributed by atoms with Crippen LogP contribution in [0.4, 0.5) is 4.79 Å². The molecule has 1 aromatic carbocycles. The summed E-state index contributed by atoms with van der Waals surface area (Å²) >= 11 is 1.55. The molecule has 2 rings (SSSR count). The molecule has 1 aliphatic rings. The number of amides is 2. The predicted molar refractivity (Wildman–Crippen MR) is 135 cm³/mol. The number of aliphatic carboxylic acids is 1. The van der Waals surface area contributed by atoms with Gasteiger partial charge >= 0.3 is 12.1 Å². The summed E-state index contributed by atoms with van der Waals surface area (Å²) in [7, 11) is 0. The Balaban J connectivity index is 2.23. The van der Waals surface area contributed by atoms with Crippen LogP contribution < -0.4 is 10.6 Å². The molecule has 0 fully saturated rings. The van der Waals surface area contributed by atoms with E-state index in [1.807, 2.05) is 70.0 Å². The first-order valence-electron chi connectivity index (χ1n) is 11.7. The first-order valence-corrected chi connectivity index (χ1v) is 13.1. The molecule has 1 heterocycles. The maximum absolute atomic E-state index is 13.3. The maximum atomic E-state index is 13.3. The Hall–Kier alpha value is -2.26. The summed E-state index contributed by atoms with van der Waals surface area (Å²) < 4.78 is 5.44. The van der Waals surface area contributed by atoms with Crippen molar-refractivity contribution >= 4 is 29.7 Å². The van der Waals surface area contributed by atoms with Crippen LogP contribution in [0, 0.1) is 5.92 Å². The number of carbonyl (C=O) groups is 3. The second-order valence-corrected chi connectivity index (χ2v) is 11.1. The van der Waals surface area contributed by atoms with Crippen molar-refractivity contribution in [3.8, 4) is 0 Å². The lowest BCUT2D eigenvalue weighted by molar-refractivity contribution is -0.143. The van der Waals surface area contributed by atoms with Crippen molar-refractivity contribution in [3.05, 3.63) is 35.4 Å². The predicted octanol–water partition coefficient (Wildman–Crippen LogP) is 3.29. The van der Waals surface area contributed by atoms with E-state index in [1.54, 1.807) is 11.8 Å². The number of fused-ring (bicyclic) bond motifs is 1. The van der Waals surface area contributed by atoms with Crippen LogP contribution in [0.25, 0.3) is 0 Å². The lowest BCUT2D eigenvalue weighted by Crippen LogP contribution is -2.57. The standard InChI is InChI=1S/C25H39N3O5S/c1-16(2)20(27-24(32)33-25(3,4)5)15-28-14-18-10-8-7-9-17(18)13-21(28)22(29)26-19(23(30)31)11-12-34-6/h7-10,16,19-21H,11-15H2,1-6H3,(H,26,29)(H,27,32)(H,30,31)/t19-,20?,21?/m1/s1. The zero-order valence-corrected chi connectivity index (χ0v) is 21.9. The van der Waals surface area contributed by atoms with Crippen molar-refractivity contribution < 1.29 is 24.2 Å². The number of carbonyl (C=O) groups excluding carboxylic acids is 2. The van der Waals surface area contributed by atoms with E-state index < -0.39 is 29.7 Å². The van der Waals surface area contributed by atoms with E-state index in [2.05, 4.69) is 10.6 Å². The van der Waals surface area contributed by atoms with Gasteiger partial charge in [-0.2, -0.15) is 11.8 Å². The Morgan fingerprint density at radius 3 is 2.38 bits per heavy atom. The average molecular weight is 494 g/mol. The van der Waals surface area contributed by atoms with Gasteiger partial charge in [-0.3, -0.25) is 9.69 Å². The molecule has 3 atom stereocenters. The summed E-state index contributed by atoms with van der Waals surface area (Å²) in [4.78, 5) is 39.5. The Labute approximate surface area is 207 Å². The van der Waals surface area contributed by atoms with Crippen LogP contribution in [0.15, 0.2) is 24.3 Å². The number of nitrogens with one attached hydrogen (secondary N) is 2. The third-order valence-electron chi connectivity index (χ3n) is 5.81. The highest BCUT2D eigenvalue weighted by atomic mass is 32.2. The van der Waals surface area contributed by atoms with Gasteiger partial charge in [0.05, 0.1) is 6.04 Å². The number of alkyl carbamates (subject to hydrolysis) is 1. The van der Waals surface area contributed by atoms with Gasteiger partial charge in [0, 0.05) is 19.1 Å². The maximum Gasteiger partial charge on any atom is 0.407 e. The van der Waals surface area contributed by atoms with Crippen molar-refractivity contribution in [2.24, 2.45) is 5.92 Å². The lowest BCUT2D eigenvalue weighted by atomic mass is 9.92. The molecule has 2 unspecified atom stereocenters. The molecule has 190 valence electrons. The summed E-state index contributed by atoms with van der Waals surface area (Å²) in [5.74, 6) is -0.592. The van der Waals surface area contributed by atoms with Gasteiger partial charge in [-0.05, 0) is 62.7 Å². The first-order chi connectivity index (χ1) is 15.9. The van der Waals surface area contributed by atoms with Crippen LogP contribution in [-0.4, -0.2) is 70.3 Å². The molecular formula is C25H39N3O5S. The number of carboxylic acid groups (broad SMARTS) is 1.